The molecule has 0 unspecified atom stereocenters. The van der Waals surface area contributed by atoms with E-state index in [0.29, 0.717) is 22.7 Å². The number of anilines is 1. The third kappa shape index (κ3) is 5.21. The summed E-state index contributed by atoms with van der Waals surface area (Å²) in [5, 5.41) is 25.7. The van der Waals surface area contributed by atoms with E-state index in [-0.39, 0.29) is 29.8 Å². The fourth-order valence-corrected chi connectivity index (χ4v) is 3.42. The molecule has 0 bridgehead atoms. The highest BCUT2D eigenvalue weighted by Gasteiger charge is 2.25. The van der Waals surface area contributed by atoms with E-state index >= 15 is 0 Å². The van der Waals surface area contributed by atoms with Crippen molar-refractivity contribution in [1.82, 2.24) is 10.3 Å². The van der Waals surface area contributed by atoms with Gasteiger partial charge in [0.2, 0.25) is 5.91 Å². The molecule has 1 fully saturated rings. The highest BCUT2D eigenvalue weighted by atomic mass is 35.5. The van der Waals surface area contributed by atoms with Crippen LogP contribution in [0.5, 0.6) is 5.75 Å². The molecule has 2 atom stereocenters. The number of hydrogen-bond donors (Lipinski definition) is 4. The molecule has 1 aromatic carbocycles. The zero-order valence-corrected chi connectivity index (χ0v) is 15.9. The standard InChI is InChI=1S/C20H22ClN3O4/c21-13-5-6-17(25)12(9-13)10-19(27)23-14-7-8-22-16(11-14)20(28)24-15-3-1-2-4-18(15)26/h5-9,11,15,18,25-26H,1-4,10H2,(H,24,28)(H,22,23,27)/t15-,18-/m1/s1. The molecule has 1 aliphatic carbocycles. The molecule has 28 heavy (non-hydrogen) atoms. The Morgan fingerprint density at radius 2 is 1.96 bits per heavy atom. The average molecular weight is 404 g/mol. The van der Waals surface area contributed by atoms with Crippen molar-refractivity contribution in [1.29, 1.82) is 0 Å². The number of pyridine rings is 1. The van der Waals surface area contributed by atoms with Crippen LogP contribution in [0.1, 0.15) is 41.7 Å². The van der Waals surface area contributed by atoms with Crippen LogP contribution in [0, 0.1) is 0 Å². The highest BCUT2D eigenvalue weighted by Crippen LogP contribution is 2.22. The molecule has 3 rings (SSSR count). The Bertz CT molecular complexity index is 874. The number of carbonyl (C=O) groups is 2. The van der Waals surface area contributed by atoms with Gasteiger partial charge in [0, 0.05) is 22.5 Å². The Hall–Kier alpha value is -2.64. The third-order valence-corrected chi connectivity index (χ3v) is 4.95. The number of aromatic hydroxyl groups is 1. The summed E-state index contributed by atoms with van der Waals surface area (Å²) in [6.07, 6.45) is 4.13. The van der Waals surface area contributed by atoms with E-state index < -0.39 is 12.0 Å². The molecule has 7 nitrogen and oxygen atoms in total. The fourth-order valence-electron chi connectivity index (χ4n) is 3.23. The molecular weight excluding hydrogens is 382 g/mol. The van der Waals surface area contributed by atoms with Gasteiger partial charge in [0.25, 0.3) is 5.91 Å². The number of benzene rings is 1. The van der Waals surface area contributed by atoms with E-state index in [1.54, 1.807) is 6.07 Å². The molecule has 2 amide bonds. The van der Waals surface area contributed by atoms with Gasteiger partial charge in [-0.25, -0.2) is 0 Å². The molecule has 2 aromatic rings. The van der Waals surface area contributed by atoms with E-state index in [1.807, 2.05) is 0 Å². The highest BCUT2D eigenvalue weighted by molar-refractivity contribution is 6.30. The molecule has 148 valence electrons. The third-order valence-electron chi connectivity index (χ3n) is 4.71. The number of rotatable bonds is 5. The van der Waals surface area contributed by atoms with Gasteiger partial charge in [0.15, 0.2) is 0 Å². The molecule has 1 saturated carbocycles. The summed E-state index contributed by atoms with van der Waals surface area (Å²) in [4.78, 5) is 28.7. The van der Waals surface area contributed by atoms with Crippen molar-refractivity contribution in [3.05, 3.63) is 52.8 Å². The van der Waals surface area contributed by atoms with Crippen molar-refractivity contribution in [2.24, 2.45) is 0 Å². The van der Waals surface area contributed by atoms with Crippen molar-refractivity contribution in [3.8, 4) is 5.75 Å². The molecule has 1 aromatic heterocycles. The van der Waals surface area contributed by atoms with Crippen molar-refractivity contribution in [2.75, 3.05) is 5.32 Å². The van der Waals surface area contributed by atoms with Crippen LogP contribution in [-0.2, 0) is 11.2 Å². The topological polar surface area (TPSA) is 112 Å². The first kappa shape index (κ1) is 20.1. The fraction of sp³-hybridized carbons (Fsp3) is 0.350. The summed E-state index contributed by atoms with van der Waals surface area (Å²) >= 11 is 5.89. The number of amides is 2. The van der Waals surface area contributed by atoms with Gasteiger partial charge >= 0.3 is 0 Å². The van der Waals surface area contributed by atoms with Crippen molar-refractivity contribution in [2.45, 2.75) is 44.2 Å². The largest absolute Gasteiger partial charge is 0.508 e. The van der Waals surface area contributed by atoms with Crippen LogP contribution in [0.25, 0.3) is 0 Å². The number of nitrogens with one attached hydrogen (secondary N) is 2. The lowest BCUT2D eigenvalue weighted by Gasteiger charge is -2.28. The monoisotopic (exact) mass is 403 g/mol. The van der Waals surface area contributed by atoms with Gasteiger partial charge in [0.1, 0.15) is 11.4 Å². The number of aliphatic hydroxyl groups is 1. The lowest BCUT2D eigenvalue weighted by atomic mass is 9.92. The van der Waals surface area contributed by atoms with E-state index in [2.05, 4.69) is 15.6 Å². The summed E-state index contributed by atoms with van der Waals surface area (Å²) in [6, 6.07) is 7.25. The number of nitrogens with zero attached hydrogens (tertiary/aromatic N) is 1. The van der Waals surface area contributed by atoms with Gasteiger partial charge in [-0.1, -0.05) is 24.4 Å². The second-order valence-electron chi connectivity index (χ2n) is 6.86. The molecular formula is C20H22ClN3O4. The minimum absolute atomic E-state index is 0.0135. The first-order valence-corrected chi connectivity index (χ1v) is 9.52. The molecule has 0 spiro atoms. The zero-order chi connectivity index (χ0) is 20.1. The Morgan fingerprint density at radius 1 is 1.18 bits per heavy atom. The first-order chi connectivity index (χ1) is 13.4. The Labute approximate surface area is 167 Å². The molecule has 1 aliphatic rings. The summed E-state index contributed by atoms with van der Waals surface area (Å²) < 4.78 is 0. The maximum Gasteiger partial charge on any atom is 0.270 e. The van der Waals surface area contributed by atoms with Gasteiger partial charge < -0.3 is 20.8 Å². The maximum atomic E-state index is 12.4. The van der Waals surface area contributed by atoms with Gasteiger partial charge in [0.05, 0.1) is 18.6 Å². The van der Waals surface area contributed by atoms with Crippen molar-refractivity contribution in [3.63, 3.8) is 0 Å². The van der Waals surface area contributed by atoms with Crippen LogP contribution >= 0.6 is 11.6 Å². The number of phenolic OH excluding ortho intramolecular Hbond substituents is 1. The van der Waals surface area contributed by atoms with Crippen LogP contribution in [0.2, 0.25) is 5.02 Å². The molecule has 8 heteroatoms. The number of hydrogen-bond acceptors (Lipinski definition) is 5. The SMILES string of the molecule is O=C(Cc1cc(Cl)ccc1O)Nc1ccnc(C(=O)N[C@@H]2CCCC[C@H]2O)c1. The van der Waals surface area contributed by atoms with Gasteiger partial charge in [-0.2, -0.15) is 0 Å². The molecule has 1 heterocycles. The number of aromatic nitrogens is 1. The van der Waals surface area contributed by atoms with E-state index in [9.17, 15) is 19.8 Å². The average Bonchev–Trinajstić information content (AvgIpc) is 2.66. The normalized spacial score (nSPS) is 19.1. The van der Waals surface area contributed by atoms with Crippen molar-refractivity contribution >= 4 is 29.1 Å². The number of phenols is 1. The van der Waals surface area contributed by atoms with E-state index in [1.165, 1.54) is 30.5 Å². The van der Waals surface area contributed by atoms with Crippen LogP contribution in [0.3, 0.4) is 0 Å². The van der Waals surface area contributed by atoms with E-state index in [4.69, 9.17) is 11.6 Å². The predicted molar refractivity (Wildman–Crippen MR) is 105 cm³/mol. The quantitative estimate of drug-likeness (QED) is 0.613. The summed E-state index contributed by atoms with van der Waals surface area (Å²) in [6.45, 7) is 0. The summed E-state index contributed by atoms with van der Waals surface area (Å²) in [5.41, 5.74) is 0.973. The van der Waals surface area contributed by atoms with Gasteiger partial charge in [-0.05, 0) is 43.2 Å². The Morgan fingerprint density at radius 3 is 2.75 bits per heavy atom. The van der Waals surface area contributed by atoms with Crippen LogP contribution in [-0.4, -0.2) is 39.2 Å². The number of carbonyl (C=O) groups excluding carboxylic acids is 2. The van der Waals surface area contributed by atoms with Crippen LogP contribution < -0.4 is 10.6 Å². The smallest absolute Gasteiger partial charge is 0.270 e. The van der Waals surface area contributed by atoms with Crippen LogP contribution in [0.4, 0.5) is 5.69 Å². The molecule has 0 saturated heterocycles. The van der Waals surface area contributed by atoms with E-state index in [0.717, 1.165) is 19.3 Å². The second-order valence-corrected chi connectivity index (χ2v) is 7.30. The first-order valence-electron chi connectivity index (χ1n) is 9.14. The lowest BCUT2D eigenvalue weighted by molar-refractivity contribution is -0.115. The predicted octanol–water partition coefficient (Wildman–Crippen LogP) is 2.66. The Kier molecular flexibility index (Phi) is 6.49. The van der Waals surface area contributed by atoms with Gasteiger partial charge in [-0.3, -0.25) is 14.6 Å². The number of aliphatic hydroxyl groups excluding tert-OH is 1. The lowest BCUT2D eigenvalue weighted by Crippen LogP contribution is -2.45. The Balaban J connectivity index is 1.63. The van der Waals surface area contributed by atoms with Crippen LogP contribution in [0.15, 0.2) is 36.5 Å². The zero-order valence-electron chi connectivity index (χ0n) is 15.2. The summed E-state index contributed by atoms with van der Waals surface area (Å²) in [5.74, 6) is -0.771. The second kappa shape index (κ2) is 9.03. The molecule has 0 radical (unpaired) electrons. The maximum absolute atomic E-state index is 12.4. The summed E-state index contributed by atoms with van der Waals surface area (Å²) in [7, 11) is 0. The molecule has 4 N–H and O–H groups in total. The molecule has 0 aliphatic heterocycles. The van der Waals surface area contributed by atoms with Gasteiger partial charge in [-0.15, -0.1) is 0 Å². The minimum Gasteiger partial charge on any atom is -0.508 e. The minimum atomic E-state index is -0.550. The number of halogens is 1. The van der Waals surface area contributed by atoms with Crippen molar-refractivity contribution < 1.29 is 19.8 Å².